The van der Waals surface area contributed by atoms with Gasteiger partial charge in [0.15, 0.2) is 0 Å². The van der Waals surface area contributed by atoms with Crippen molar-refractivity contribution in [1.82, 2.24) is 25.7 Å². The molecule has 6 nitrogen and oxygen atoms in total. The number of benzene rings is 1. The lowest BCUT2D eigenvalue weighted by Gasteiger charge is -2.05. The molecule has 0 aliphatic carbocycles. The van der Waals surface area contributed by atoms with E-state index < -0.39 is 23.8 Å². The number of nitrogens with zero attached hydrogens (tertiary/aromatic N) is 2. The predicted molar refractivity (Wildman–Crippen MR) is 78.7 cm³/mol. The lowest BCUT2D eigenvalue weighted by atomic mass is 10.1. The van der Waals surface area contributed by atoms with Gasteiger partial charge in [0.05, 0.1) is 11.9 Å². The molecule has 1 amide bonds. The third-order valence-electron chi connectivity index (χ3n) is 3.34. The van der Waals surface area contributed by atoms with Gasteiger partial charge in [0, 0.05) is 17.7 Å². The van der Waals surface area contributed by atoms with Crippen molar-refractivity contribution >= 4 is 5.91 Å². The number of amides is 1. The van der Waals surface area contributed by atoms with Gasteiger partial charge in [-0.05, 0) is 18.2 Å². The number of hydrogen-bond donors (Lipinski definition) is 3. The molecule has 2 aromatic heterocycles. The van der Waals surface area contributed by atoms with Gasteiger partial charge in [-0.15, -0.1) is 0 Å². The van der Waals surface area contributed by atoms with E-state index in [0.29, 0.717) is 16.8 Å². The smallest absolute Gasteiger partial charge is 0.279 e. The molecule has 0 aliphatic heterocycles. The Bertz CT molecular complexity index is 858. The number of alkyl halides is 2. The first-order chi connectivity index (χ1) is 11.5. The summed E-state index contributed by atoms with van der Waals surface area (Å²) < 4.78 is 38.3. The second kappa shape index (κ2) is 6.57. The third-order valence-corrected chi connectivity index (χ3v) is 3.34. The molecule has 0 saturated carbocycles. The number of aromatic nitrogens is 4. The van der Waals surface area contributed by atoms with Crippen LogP contribution in [0, 0.1) is 5.82 Å². The number of rotatable bonds is 5. The molecule has 0 aliphatic rings. The van der Waals surface area contributed by atoms with Crippen LogP contribution in [0.1, 0.15) is 28.2 Å². The first-order valence-corrected chi connectivity index (χ1v) is 6.94. The topological polar surface area (TPSA) is 86.5 Å². The van der Waals surface area contributed by atoms with Gasteiger partial charge in [-0.1, -0.05) is 12.1 Å². The van der Waals surface area contributed by atoms with Crippen LogP contribution in [0.25, 0.3) is 11.3 Å². The van der Waals surface area contributed by atoms with E-state index in [1.165, 1.54) is 18.3 Å². The summed E-state index contributed by atoms with van der Waals surface area (Å²) in [6.45, 7) is 0.0814. The second-order valence-electron chi connectivity index (χ2n) is 4.97. The molecule has 124 valence electrons. The molecule has 0 spiro atoms. The lowest BCUT2D eigenvalue weighted by molar-refractivity contribution is 0.0946. The highest BCUT2D eigenvalue weighted by atomic mass is 19.3. The number of aromatic amines is 2. The van der Waals surface area contributed by atoms with Crippen molar-refractivity contribution in [1.29, 1.82) is 0 Å². The Morgan fingerprint density at radius 2 is 2.08 bits per heavy atom. The van der Waals surface area contributed by atoms with E-state index in [2.05, 4.69) is 25.7 Å². The molecule has 0 radical (unpaired) electrons. The highest BCUT2D eigenvalue weighted by Crippen LogP contribution is 2.22. The zero-order chi connectivity index (χ0) is 17.1. The minimum atomic E-state index is -2.73. The quantitative estimate of drug-likeness (QED) is 0.670. The third kappa shape index (κ3) is 3.29. The average molecular weight is 335 g/mol. The summed E-state index contributed by atoms with van der Waals surface area (Å²) in [6.07, 6.45) is -1.23. The minimum Gasteiger partial charge on any atom is -0.346 e. The number of carbonyl (C=O) groups excluding carboxylic acids is 1. The summed E-state index contributed by atoms with van der Waals surface area (Å²) in [5.41, 5.74) is 1.20. The van der Waals surface area contributed by atoms with Crippen molar-refractivity contribution in [3.8, 4) is 11.3 Å². The number of halogens is 3. The largest absolute Gasteiger partial charge is 0.346 e. The first kappa shape index (κ1) is 15.8. The Hall–Kier alpha value is -3.10. The van der Waals surface area contributed by atoms with Crippen molar-refractivity contribution in [2.75, 3.05) is 0 Å². The van der Waals surface area contributed by atoms with Crippen molar-refractivity contribution in [2.45, 2.75) is 13.0 Å². The predicted octanol–water partition coefficient (Wildman–Crippen LogP) is 2.81. The number of carbonyl (C=O) groups is 1. The molecule has 9 heteroatoms. The van der Waals surface area contributed by atoms with E-state index in [0.717, 1.165) is 6.07 Å². The summed E-state index contributed by atoms with van der Waals surface area (Å²) in [6, 6.07) is 6.90. The average Bonchev–Trinajstić information content (AvgIpc) is 3.22. The van der Waals surface area contributed by atoms with Crippen LogP contribution in [0.3, 0.4) is 0 Å². The van der Waals surface area contributed by atoms with Crippen LogP contribution in [0.15, 0.2) is 36.5 Å². The summed E-state index contributed by atoms with van der Waals surface area (Å²) in [5.74, 6) is -1.00. The van der Waals surface area contributed by atoms with Gasteiger partial charge in [0.25, 0.3) is 12.3 Å². The van der Waals surface area contributed by atoms with Crippen LogP contribution < -0.4 is 5.32 Å². The van der Waals surface area contributed by atoms with Crippen molar-refractivity contribution < 1.29 is 18.0 Å². The van der Waals surface area contributed by atoms with Crippen LogP contribution in [-0.4, -0.2) is 26.3 Å². The Labute approximate surface area is 134 Å². The maximum atomic E-state index is 13.3. The molecule has 0 saturated heterocycles. The highest BCUT2D eigenvalue weighted by Gasteiger charge is 2.16. The second-order valence-corrected chi connectivity index (χ2v) is 4.97. The zero-order valence-electron chi connectivity index (χ0n) is 12.2. The molecule has 0 fully saturated rings. The molecule has 3 aromatic rings. The highest BCUT2D eigenvalue weighted by molar-refractivity contribution is 5.92. The monoisotopic (exact) mass is 335 g/mol. The van der Waals surface area contributed by atoms with Gasteiger partial charge in [-0.25, -0.2) is 13.2 Å². The molecule has 0 atom stereocenters. The van der Waals surface area contributed by atoms with Gasteiger partial charge in [0.1, 0.15) is 17.2 Å². The fraction of sp³-hybridized carbons (Fsp3) is 0.133. The molecule has 3 N–H and O–H groups in total. The molecule has 1 aromatic carbocycles. The fourth-order valence-electron chi connectivity index (χ4n) is 2.17. The standard InChI is InChI=1S/C15H12F3N5O/c16-10-3-1-2-8(4-10)13-9(7-20-23-13)6-19-15(24)12-5-11(14(17)18)21-22-12/h1-5,7,14H,6H2,(H,19,24)(H,20,23)(H,21,22). The summed E-state index contributed by atoms with van der Waals surface area (Å²) >= 11 is 0. The normalized spacial score (nSPS) is 11.0. The Balaban J connectivity index is 1.71. The molecular formula is C15H12F3N5O. The Kier molecular flexibility index (Phi) is 4.32. The summed E-state index contributed by atoms with van der Waals surface area (Å²) in [4.78, 5) is 11.9. The van der Waals surface area contributed by atoms with Crippen molar-refractivity contribution in [3.63, 3.8) is 0 Å². The van der Waals surface area contributed by atoms with Crippen LogP contribution in [0.4, 0.5) is 13.2 Å². The molecule has 0 bridgehead atoms. The van der Waals surface area contributed by atoms with Crippen LogP contribution in [-0.2, 0) is 6.54 Å². The maximum absolute atomic E-state index is 13.3. The van der Waals surface area contributed by atoms with Crippen LogP contribution in [0.5, 0.6) is 0 Å². The maximum Gasteiger partial charge on any atom is 0.279 e. The van der Waals surface area contributed by atoms with E-state index >= 15 is 0 Å². The van der Waals surface area contributed by atoms with Gasteiger partial charge in [-0.2, -0.15) is 10.2 Å². The van der Waals surface area contributed by atoms with E-state index in [9.17, 15) is 18.0 Å². The first-order valence-electron chi connectivity index (χ1n) is 6.94. The van der Waals surface area contributed by atoms with E-state index in [1.807, 2.05) is 0 Å². The molecule has 0 unspecified atom stereocenters. The van der Waals surface area contributed by atoms with Crippen molar-refractivity contribution in [3.05, 3.63) is 59.3 Å². The Morgan fingerprint density at radius 3 is 2.79 bits per heavy atom. The van der Waals surface area contributed by atoms with Crippen molar-refractivity contribution in [2.24, 2.45) is 0 Å². The molecular weight excluding hydrogens is 323 g/mol. The summed E-state index contributed by atoms with van der Waals surface area (Å²) in [7, 11) is 0. The number of nitrogens with one attached hydrogen (secondary N) is 3. The molecule has 3 rings (SSSR count). The van der Waals surface area contributed by atoms with Gasteiger partial charge in [-0.3, -0.25) is 15.0 Å². The molecule has 24 heavy (non-hydrogen) atoms. The minimum absolute atomic E-state index is 0.0814. The van der Waals surface area contributed by atoms with E-state index in [1.54, 1.807) is 12.1 Å². The van der Waals surface area contributed by atoms with E-state index in [-0.39, 0.29) is 12.2 Å². The fourth-order valence-corrected chi connectivity index (χ4v) is 2.17. The molecule has 2 heterocycles. The van der Waals surface area contributed by atoms with Crippen LogP contribution >= 0.6 is 0 Å². The van der Waals surface area contributed by atoms with Gasteiger partial charge >= 0.3 is 0 Å². The van der Waals surface area contributed by atoms with E-state index in [4.69, 9.17) is 0 Å². The van der Waals surface area contributed by atoms with Crippen LogP contribution in [0.2, 0.25) is 0 Å². The van der Waals surface area contributed by atoms with Gasteiger partial charge in [0.2, 0.25) is 0 Å². The zero-order valence-corrected chi connectivity index (χ0v) is 12.2. The number of hydrogen-bond acceptors (Lipinski definition) is 3. The lowest BCUT2D eigenvalue weighted by Crippen LogP contribution is -2.23. The summed E-state index contributed by atoms with van der Waals surface area (Å²) in [5, 5.41) is 14.8. The number of H-pyrrole nitrogens is 2. The SMILES string of the molecule is O=C(NCc1cn[nH]c1-c1cccc(F)c1)c1cc(C(F)F)[nH]n1. The van der Waals surface area contributed by atoms with Gasteiger partial charge < -0.3 is 5.32 Å². The Morgan fingerprint density at radius 1 is 1.25 bits per heavy atom.